The predicted octanol–water partition coefficient (Wildman–Crippen LogP) is 4.36. The van der Waals surface area contributed by atoms with Gasteiger partial charge < -0.3 is 14.7 Å². The number of carbonyl (C=O) groups is 1. The first-order chi connectivity index (χ1) is 14.0. The van der Waals surface area contributed by atoms with E-state index in [2.05, 4.69) is 20.9 Å². The number of carbonyl (C=O) groups excluding carboxylic acids is 1. The summed E-state index contributed by atoms with van der Waals surface area (Å²) in [5, 5.41) is 8.91. The maximum atomic E-state index is 13.0. The Bertz CT molecular complexity index is 1170. The van der Waals surface area contributed by atoms with E-state index in [1.54, 1.807) is 0 Å². The van der Waals surface area contributed by atoms with Gasteiger partial charge in [0.15, 0.2) is 5.69 Å². The lowest BCUT2D eigenvalue weighted by atomic mass is 9.90. The van der Waals surface area contributed by atoms with Crippen molar-refractivity contribution in [3.05, 3.63) is 81.8 Å². The second kappa shape index (κ2) is 7.26. The number of hydrogen-bond acceptors (Lipinski definition) is 3. The van der Waals surface area contributed by atoms with Gasteiger partial charge in [0.25, 0.3) is 5.91 Å². The summed E-state index contributed by atoms with van der Waals surface area (Å²) in [6.07, 6.45) is 0. The number of nitriles is 1. The number of amides is 1. The van der Waals surface area contributed by atoms with Crippen molar-refractivity contribution in [1.82, 2.24) is 14.9 Å². The Hall–Kier alpha value is -3.90. The third-order valence-corrected chi connectivity index (χ3v) is 5.40. The molecule has 0 radical (unpaired) electrons. The van der Waals surface area contributed by atoms with Gasteiger partial charge in [-0.05, 0) is 49.2 Å². The number of H-pyrrole nitrogens is 1. The SMILES string of the molecule is [C-]#[N+]c1nc(-c2cc(C(=O)N3CC(c4ccc(C#N)cc4)C3)ccc2C)c(C)[nH]1. The van der Waals surface area contributed by atoms with Gasteiger partial charge in [0, 0.05) is 30.1 Å². The molecule has 0 spiro atoms. The summed E-state index contributed by atoms with van der Waals surface area (Å²) in [4.78, 5) is 25.5. The van der Waals surface area contributed by atoms with Gasteiger partial charge in [-0.25, -0.2) is 0 Å². The number of benzene rings is 2. The molecule has 1 N–H and O–H groups in total. The lowest BCUT2D eigenvalue weighted by Gasteiger charge is -2.39. The van der Waals surface area contributed by atoms with Gasteiger partial charge >= 0.3 is 5.95 Å². The predicted molar refractivity (Wildman–Crippen MR) is 110 cm³/mol. The van der Waals surface area contributed by atoms with E-state index >= 15 is 0 Å². The standard InChI is InChI=1S/C23H19N5O/c1-14-4-7-18(10-20(14)21-15(2)26-23(25-3)27-21)22(29)28-12-19(13-28)17-8-5-16(11-24)6-9-17/h4-10,19H,12-13H2,1-2H3,(H,26,27). The zero-order valence-corrected chi connectivity index (χ0v) is 16.2. The molecule has 29 heavy (non-hydrogen) atoms. The second-order valence-electron chi connectivity index (χ2n) is 7.32. The average molecular weight is 381 g/mol. The summed E-state index contributed by atoms with van der Waals surface area (Å²) in [5.74, 6) is 0.544. The van der Waals surface area contributed by atoms with Crippen molar-refractivity contribution in [3.63, 3.8) is 0 Å². The highest BCUT2D eigenvalue weighted by Gasteiger charge is 2.32. The maximum Gasteiger partial charge on any atom is 0.337 e. The molecule has 0 unspecified atom stereocenters. The second-order valence-corrected chi connectivity index (χ2v) is 7.32. The Morgan fingerprint density at radius 2 is 1.97 bits per heavy atom. The van der Waals surface area contributed by atoms with Gasteiger partial charge in [0.05, 0.1) is 17.3 Å². The van der Waals surface area contributed by atoms with Crippen LogP contribution in [0.2, 0.25) is 0 Å². The largest absolute Gasteiger partial charge is 0.397 e. The molecule has 2 heterocycles. The van der Waals surface area contributed by atoms with Crippen LogP contribution in [0.4, 0.5) is 5.95 Å². The average Bonchev–Trinajstić information content (AvgIpc) is 3.08. The number of aryl methyl sites for hydroxylation is 2. The summed E-state index contributed by atoms with van der Waals surface area (Å²) in [5.41, 5.74) is 5.81. The summed E-state index contributed by atoms with van der Waals surface area (Å²) in [6, 6.07) is 15.3. The van der Waals surface area contributed by atoms with E-state index in [0.717, 1.165) is 22.4 Å². The fourth-order valence-corrected chi connectivity index (χ4v) is 3.64. The molecular weight excluding hydrogens is 362 g/mol. The van der Waals surface area contributed by atoms with Crippen molar-refractivity contribution >= 4 is 11.9 Å². The van der Waals surface area contributed by atoms with Crippen LogP contribution in [0.25, 0.3) is 16.1 Å². The highest BCUT2D eigenvalue weighted by molar-refractivity contribution is 5.96. The van der Waals surface area contributed by atoms with Crippen LogP contribution in [0.15, 0.2) is 42.5 Å². The van der Waals surface area contributed by atoms with Gasteiger partial charge in [-0.2, -0.15) is 5.26 Å². The molecule has 6 heteroatoms. The van der Waals surface area contributed by atoms with E-state index in [1.807, 2.05) is 61.2 Å². The summed E-state index contributed by atoms with van der Waals surface area (Å²) in [6.45, 7) is 12.3. The van der Waals surface area contributed by atoms with Crippen LogP contribution in [0.3, 0.4) is 0 Å². The van der Waals surface area contributed by atoms with E-state index in [9.17, 15) is 4.79 Å². The smallest absolute Gasteiger partial charge is 0.337 e. The molecule has 1 saturated heterocycles. The Morgan fingerprint density at radius 3 is 2.59 bits per heavy atom. The quantitative estimate of drug-likeness (QED) is 0.685. The van der Waals surface area contributed by atoms with Crippen molar-refractivity contribution in [2.75, 3.05) is 13.1 Å². The number of likely N-dealkylation sites (tertiary alicyclic amines) is 1. The van der Waals surface area contributed by atoms with E-state index in [0.29, 0.717) is 35.8 Å². The summed E-state index contributed by atoms with van der Waals surface area (Å²) < 4.78 is 0. The molecule has 1 amide bonds. The number of rotatable bonds is 3. The summed E-state index contributed by atoms with van der Waals surface area (Å²) in [7, 11) is 0. The molecule has 1 aromatic heterocycles. The van der Waals surface area contributed by atoms with Crippen LogP contribution in [-0.4, -0.2) is 33.9 Å². The Balaban J connectivity index is 1.52. The number of aromatic amines is 1. The van der Waals surface area contributed by atoms with Gasteiger partial charge in [-0.15, -0.1) is 11.6 Å². The normalized spacial score (nSPS) is 13.4. The minimum Gasteiger partial charge on any atom is -0.397 e. The Labute approximate surface area is 169 Å². The van der Waals surface area contributed by atoms with Gasteiger partial charge in [0.2, 0.25) is 0 Å². The van der Waals surface area contributed by atoms with Crippen molar-refractivity contribution in [3.8, 4) is 17.3 Å². The maximum absolute atomic E-state index is 13.0. The summed E-state index contributed by atoms with van der Waals surface area (Å²) >= 11 is 0. The van der Waals surface area contributed by atoms with E-state index < -0.39 is 0 Å². The van der Waals surface area contributed by atoms with Gasteiger partial charge in [-0.1, -0.05) is 18.2 Å². The molecule has 1 aliphatic rings. The molecule has 1 fully saturated rings. The molecular formula is C23H19N5O. The number of nitrogens with one attached hydrogen (secondary N) is 1. The van der Waals surface area contributed by atoms with E-state index in [-0.39, 0.29) is 11.9 Å². The molecule has 4 rings (SSSR count). The van der Waals surface area contributed by atoms with Crippen LogP contribution >= 0.6 is 0 Å². The van der Waals surface area contributed by atoms with Crippen molar-refractivity contribution < 1.29 is 4.79 Å². The molecule has 2 aromatic carbocycles. The topological polar surface area (TPSA) is 77.1 Å². The van der Waals surface area contributed by atoms with Crippen molar-refractivity contribution in [1.29, 1.82) is 5.26 Å². The number of hydrogen-bond donors (Lipinski definition) is 1. The highest BCUT2D eigenvalue weighted by Crippen LogP contribution is 2.31. The fourth-order valence-electron chi connectivity index (χ4n) is 3.64. The van der Waals surface area contributed by atoms with Crippen LogP contribution in [0.5, 0.6) is 0 Å². The molecule has 0 atom stereocenters. The Kier molecular flexibility index (Phi) is 4.62. The molecule has 6 nitrogen and oxygen atoms in total. The van der Waals surface area contributed by atoms with Gasteiger partial charge in [-0.3, -0.25) is 4.79 Å². The molecule has 3 aromatic rings. The molecule has 0 aliphatic carbocycles. The number of nitrogens with zero attached hydrogens (tertiary/aromatic N) is 4. The third-order valence-electron chi connectivity index (χ3n) is 5.40. The van der Waals surface area contributed by atoms with Crippen molar-refractivity contribution in [2.45, 2.75) is 19.8 Å². The molecule has 0 bridgehead atoms. The first kappa shape index (κ1) is 18.5. The molecule has 1 aliphatic heterocycles. The number of aromatic nitrogens is 2. The third kappa shape index (κ3) is 3.37. The Morgan fingerprint density at radius 1 is 1.24 bits per heavy atom. The van der Waals surface area contributed by atoms with Gasteiger partial charge in [0.1, 0.15) is 0 Å². The highest BCUT2D eigenvalue weighted by atomic mass is 16.2. The van der Waals surface area contributed by atoms with Crippen LogP contribution in [0.1, 0.15) is 38.7 Å². The van der Waals surface area contributed by atoms with Crippen molar-refractivity contribution in [2.24, 2.45) is 0 Å². The number of imidazole rings is 1. The zero-order chi connectivity index (χ0) is 20.5. The fraction of sp³-hybridized carbons (Fsp3) is 0.217. The van der Waals surface area contributed by atoms with Crippen LogP contribution in [0, 0.1) is 31.8 Å². The zero-order valence-electron chi connectivity index (χ0n) is 16.2. The minimum atomic E-state index is -0.00487. The van der Waals surface area contributed by atoms with Crippen LogP contribution < -0.4 is 0 Å². The first-order valence-corrected chi connectivity index (χ1v) is 9.34. The monoisotopic (exact) mass is 381 g/mol. The van der Waals surface area contributed by atoms with Crippen LogP contribution in [-0.2, 0) is 0 Å². The lowest BCUT2D eigenvalue weighted by Crippen LogP contribution is -2.48. The van der Waals surface area contributed by atoms with E-state index in [1.165, 1.54) is 0 Å². The molecule has 142 valence electrons. The van der Waals surface area contributed by atoms with E-state index in [4.69, 9.17) is 11.8 Å². The molecule has 0 saturated carbocycles. The lowest BCUT2D eigenvalue weighted by molar-refractivity contribution is 0.0602. The minimum absolute atomic E-state index is 0.00487. The first-order valence-electron chi connectivity index (χ1n) is 9.34.